The van der Waals surface area contributed by atoms with Crippen LogP contribution in [0, 0.1) is 12.8 Å². The fourth-order valence-electron chi connectivity index (χ4n) is 1.01. The molecule has 0 spiro atoms. The highest BCUT2D eigenvalue weighted by molar-refractivity contribution is 5.56. The molecule has 3 heteroatoms. The molecule has 78 valence electrons. The zero-order chi connectivity index (χ0) is 10.7. The first-order valence-corrected chi connectivity index (χ1v) is 4.89. The Hall–Kier alpha value is -1.25. The quantitative estimate of drug-likeness (QED) is 0.800. The third-order valence-electron chi connectivity index (χ3n) is 2.32. The first-order chi connectivity index (χ1) is 6.50. The third-order valence-corrected chi connectivity index (χ3v) is 2.32. The largest absolute Gasteiger partial charge is 0.440 e. The van der Waals surface area contributed by atoms with Gasteiger partial charge in [-0.25, -0.2) is 4.98 Å². The molecule has 0 saturated heterocycles. The lowest BCUT2D eigenvalue weighted by atomic mass is 10.1. The number of oxazole rings is 1. The van der Waals surface area contributed by atoms with Gasteiger partial charge in [-0.3, -0.25) is 0 Å². The summed E-state index contributed by atoms with van der Waals surface area (Å²) in [5, 5.41) is 3.28. The number of nitrogens with one attached hydrogen (secondary N) is 1. The van der Waals surface area contributed by atoms with Gasteiger partial charge < -0.3 is 9.73 Å². The van der Waals surface area contributed by atoms with Gasteiger partial charge in [0.2, 0.25) is 0 Å². The zero-order valence-corrected chi connectivity index (χ0v) is 9.29. The van der Waals surface area contributed by atoms with E-state index < -0.39 is 0 Å². The Morgan fingerprint density at radius 2 is 2.14 bits per heavy atom. The van der Waals surface area contributed by atoms with Crippen LogP contribution < -0.4 is 5.32 Å². The Kier molecular flexibility index (Phi) is 3.33. The highest BCUT2D eigenvalue weighted by Gasteiger charge is 2.10. The maximum absolute atomic E-state index is 5.35. The van der Waals surface area contributed by atoms with Crippen LogP contribution in [0.4, 0.5) is 0 Å². The third kappa shape index (κ3) is 2.62. The van der Waals surface area contributed by atoms with Gasteiger partial charge in [0.15, 0.2) is 11.7 Å². The zero-order valence-electron chi connectivity index (χ0n) is 9.29. The van der Waals surface area contributed by atoms with Crippen molar-refractivity contribution in [3.8, 4) is 0 Å². The van der Waals surface area contributed by atoms with Gasteiger partial charge >= 0.3 is 0 Å². The van der Waals surface area contributed by atoms with E-state index in [-0.39, 0.29) is 0 Å². The molecule has 14 heavy (non-hydrogen) atoms. The van der Waals surface area contributed by atoms with E-state index in [1.54, 1.807) is 6.20 Å². The molecule has 0 amide bonds. The van der Waals surface area contributed by atoms with Crippen molar-refractivity contribution >= 4 is 5.70 Å². The van der Waals surface area contributed by atoms with Crippen LogP contribution in [0.5, 0.6) is 0 Å². The summed E-state index contributed by atoms with van der Waals surface area (Å²) in [6.07, 6.45) is 1.69. The predicted molar refractivity (Wildman–Crippen MR) is 57.7 cm³/mol. The molecule has 1 heterocycles. The van der Waals surface area contributed by atoms with Gasteiger partial charge in [-0.05, 0) is 12.8 Å². The molecular weight excluding hydrogens is 176 g/mol. The van der Waals surface area contributed by atoms with Crippen molar-refractivity contribution in [2.75, 3.05) is 0 Å². The summed E-state index contributed by atoms with van der Waals surface area (Å²) >= 11 is 0. The van der Waals surface area contributed by atoms with Crippen molar-refractivity contribution in [2.24, 2.45) is 5.92 Å². The lowest BCUT2D eigenvalue weighted by Gasteiger charge is -2.18. The lowest BCUT2D eigenvalue weighted by Crippen LogP contribution is -2.28. The van der Waals surface area contributed by atoms with E-state index in [0.717, 1.165) is 11.5 Å². The van der Waals surface area contributed by atoms with Crippen molar-refractivity contribution < 1.29 is 4.42 Å². The summed E-state index contributed by atoms with van der Waals surface area (Å²) in [5.41, 5.74) is 0.798. The lowest BCUT2D eigenvalue weighted by molar-refractivity contribution is 0.464. The molecule has 0 fully saturated rings. The minimum absolute atomic E-state index is 0.382. The van der Waals surface area contributed by atoms with Crippen molar-refractivity contribution in [3.63, 3.8) is 0 Å². The molecule has 1 aromatic heterocycles. The van der Waals surface area contributed by atoms with E-state index in [1.165, 1.54) is 0 Å². The molecule has 0 aliphatic carbocycles. The van der Waals surface area contributed by atoms with Gasteiger partial charge in [-0.1, -0.05) is 20.4 Å². The van der Waals surface area contributed by atoms with Gasteiger partial charge in [-0.15, -0.1) is 0 Å². The number of nitrogens with zero attached hydrogens (tertiary/aromatic N) is 1. The molecule has 0 unspecified atom stereocenters. The number of aromatic nitrogens is 1. The van der Waals surface area contributed by atoms with E-state index in [2.05, 4.69) is 37.7 Å². The van der Waals surface area contributed by atoms with E-state index >= 15 is 0 Å². The van der Waals surface area contributed by atoms with Crippen LogP contribution in [0.15, 0.2) is 17.2 Å². The van der Waals surface area contributed by atoms with Gasteiger partial charge in [-0.2, -0.15) is 0 Å². The topological polar surface area (TPSA) is 38.1 Å². The molecular formula is C11H18N2O. The summed E-state index contributed by atoms with van der Waals surface area (Å²) in [5.74, 6) is 1.95. The molecule has 3 nitrogen and oxygen atoms in total. The Morgan fingerprint density at radius 1 is 1.50 bits per heavy atom. The van der Waals surface area contributed by atoms with Crippen LogP contribution in [0.3, 0.4) is 0 Å². The maximum atomic E-state index is 5.35. The molecule has 1 aromatic rings. The smallest absolute Gasteiger partial charge is 0.191 e. The molecule has 0 aliphatic rings. The monoisotopic (exact) mass is 194 g/mol. The van der Waals surface area contributed by atoms with Gasteiger partial charge in [0, 0.05) is 13.0 Å². The summed E-state index contributed by atoms with van der Waals surface area (Å²) in [7, 11) is 0. The molecule has 0 radical (unpaired) electrons. The Balaban J connectivity index is 2.59. The predicted octanol–water partition coefficient (Wildman–Crippen LogP) is 2.59. The molecule has 0 bridgehead atoms. The van der Waals surface area contributed by atoms with E-state index in [4.69, 9.17) is 4.42 Å². The van der Waals surface area contributed by atoms with Crippen LogP contribution in [0.25, 0.3) is 5.70 Å². The van der Waals surface area contributed by atoms with Crippen LogP contribution in [-0.2, 0) is 0 Å². The van der Waals surface area contributed by atoms with E-state index in [9.17, 15) is 0 Å². The van der Waals surface area contributed by atoms with Crippen LogP contribution in [-0.4, -0.2) is 11.0 Å². The molecule has 0 saturated carbocycles. The SMILES string of the molecule is C=C(N[C@H](C)C(C)C)c1cnc(C)o1. The minimum Gasteiger partial charge on any atom is -0.440 e. The van der Waals surface area contributed by atoms with Crippen molar-refractivity contribution in [1.29, 1.82) is 0 Å². The molecule has 0 aromatic carbocycles. The number of aryl methyl sites for hydroxylation is 1. The molecule has 1 atom stereocenters. The Morgan fingerprint density at radius 3 is 2.57 bits per heavy atom. The van der Waals surface area contributed by atoms with Crippen LogP contribution in [0.2, 0.25) is 0 Å². The Bertz CT molecular complexity index is 315. The average Bonchev–Trinajstić information content (AvgIpc) is 2.51. The van der Waals surface area contributed by atoms with Crippen LogP contribution in [0.1, 0.15) is 32.4 Å². The van der Waals surface area contributed by atoms with Crippen molar-refractivity contribution in [2.45, 2.75) is 33.7 Å². The van der Waals surface area contributed by atoms with E-state index in [0.29, 0.717) is 17.9 Å². The fourth-order valence-corrected chi connectivity index (χ4v) is 1.01. The van der Waals surface area contributed by atoms with Crippen molar-refractivity contribution in [1.82, 2.24) is 10.3 Å². The highest BCUT2D eigenvalue weighted by atomic mass is 16.4. The summed E-state index contributed by atoms with van der Waals surface area (Å²) in [6, 6.07) is 0.382. The minimum atomic E-state index is 0.382. The molecule has 1 rings (SSSR count). The first kappa shape index (κ1) is 10.8. The van der Waals surface area contributed by atoms with Crippen molar-refractivity contribution in [3.05, 3.63) is 24.4 Å². The standard InChI is InChI=1S/C11H18N2O/c1-7(2)8(3)13-9(4)11-6-12-10(5)14-11/h6-8,13H,4H2,1-3,5H3/t8-/m1/s1. The summed E-state index contributed by atoms with van der Waals surface area (Å²) in [6.45, 7) is 12.2. The number of rotatable bonds is 4. The van der Waals surface area contributed by atoms with Gasteiger partial charge in [0.1, 0.15) is 0 Å². The number of hydrogen-bond acceptors (Lipinski definition) is 3. The molecule has 0 aliphatic heterocycles. The van der Waals surface area contributed by atoms with Gasteiger partial charge in [0.05, 0.1) is 11.9 Å². The normalized spacial score (nSPS) is 12.9. The highest BCUT2D eigenvalue weighted by Crippen LogP contribution is 2.13. The Labute approximate surface area is 85.2 Å². The second-order valence-corrected chi connectivity index (χ2v) is 3.90. The second kappa shape index (κ2) is 4.31. The fraction of sp³-hybridized carbons (Fsp3) is 0.545. The molecule has 1 N–H and O–H groups in total. The average molecular weight is 194 g/mol. The second-order valence-electron chi connectivity index (χ2n) is 3.90. The summed E-state index contributed by atoms with van der Waals surface area (Å²) < 4.78 is 5.35. The first-order valence-electron chi connectivity index (χ1n) is 4.89. The summed E-state index contributed by atoms with van der Waals surface area (Å²) in [4.78, 5) is 4.02. The number of hydrogen-bond donors (Lipinski definition) is 1. The van der Waals surface area contributed by atoms with E-state index in [1.807, 2.05) is 6.92 Å². The van der Waals surface area contributed by atoms with Gasteiger partial charge in [0.25, 0.3) is 0 Å². The van der Waals surface area contributed by atoms with Crippen LogP contribution >= 0.6 is 0 Å². The maximum Gasteiger partial charge on any atom is 0.191 e.